The van der Waals surface area contributed by atoms with E-state index in [0.29, 0.717) is 20.2 Å². The molecule has 10 heteroatoms. The molecule has 2 heterocycles. The van der Waals surface area contributed by atoms with Crippen LogP contribution in [0.5, 0.6) is 5.88 Å². The lowest BCUT2D eigenvalue weighted by atomic mass is 10.2. The number of carbonyl (C=O) groups is 2. The first kappa shape index (κ1) is 20.7. The number of halogens is 1. The van der Waals surface area contributed by atoms with Crippen molar-refractivity contribution >= 4 is 45.0 Å². The van der Waals surface area contributed by atoms with E-state index >= 15 is 0 Å². The Hall–Kier alpha value is -2.98. The zero-order valence-corrected chi connectivity index (χ0v) is 17.9. The number of aromatic nitrogens is 2. The van der Waals surface area contributed by atoms with Crippen molar-refractivity contribution in [1.29, 1.82) is 0 Å². The lowest BCUT2D eigenvalue weighted by Crippen LogP contribution is -2.16. The van der Waals surface area contributed by atoms with Crippen molar-refractivity contribution in [3.63, 3.8) is 0 Å². The van der Waals surface area contributed by atoms with Crippen LogP contribution in [-0.2, 0) is 16.1 Å². The molecule has 0 saturated heterocycles. The molecule has 1 N–H and O–H groups in total. The van der Waals surface area contributed by atoms with Crippen LogP contribution < -0.4 is 10.1 Å². The largest absolute Gasteiger partial charge is 0.480 e. The summed E-state index contributed by atoms with van der Waals surface area (Å²) in [5.41, 5.74) is 1.67. The van der Waals surface area contributed by atoms with E-state index in [1.807, 2.05) is 30.3 Å². The third-order valence-corrected chi connectivity index (χ3v) is 5.65. The van der Waals surface area contributed by atoms with Crippen molar-refractivity contribution < 1.29 is 23.8 Å². The minimum absolute atomic E-state index is 0.0960. The zero-order chi connectivity index (χ0) is 20.8. The first-order chi connectivity index (χ1) is 14.0. The number of esters is 1. The van der Waals surface area contributed by atoms with E-state index in [1.54, 1.807) is 0 Å². The van der Waals surface area contributed by atoms with E-state index in [1.165, 1.54) is 38.0 Å². The second-order valence-corrected chi connectivity index (χ2v) is 7.92. The highest BCUT2D eigenvalue weighted by molar-refractivity contribution is 9.11. The molecule has 0 spiro atoms. The van der Waals surface area contributed by atoms with Crippen molar-refractivity contribution in [3.8, 4) is 16.5 Å². The summed E-state index contributed by atoms with van der Waals surface area (Å²) >= 11 is 4.59. The minimum atomic E-state index is -0.704. The van der Waals surface area contributed by atoms with Crippen molar-refractivity contribution in [1.82, 2.24) is 9.97 Å². The highest BCUT2D eigenvalue weighted by Gasteiger charge is 2.27. The maximum atomic E-state index is 12.4. The van der Waals surface area contributed by atoms with E-state index in [0.717, 1.165) is 5.56 Å². The quantitative estimate of drug-likeness (QED) is 0.521. The molecule has 29 heavy (non-hydrogen) atoms. The third kappa shape index (κ3) is 4.90. The van der Waals surface area contributed by atoms with Crippen LogP contribution in [0.1, 0.15) is 15.9 Å². The maximum absolute atomic E-state index is 12.4. The summed E-state index contributed by atoms with van der Waals surface area (Å²) in [5, 5.41) is 2.61. The Kier molecular flexibility index (Phi) is 6.78. The molecule has 0 aliphatic carbocycles. The standard InChI is InChI=1S/C19H16BrN3O5S/c1-26-13-9-21-12(8-22-13)16-14(18(24)27-2)15(17(20)29-16)23-19(25)28-10-11-6-4-3-5-7-11/h3-9H,10H2,1-2H3,(H,23,25). The van der Waals surface area contributed by atoms with Gasteiger partial charge in [-0.2, -0.15) is 0 Å². The average molecular weight is 478 g/mol. The van der Waals surface area contributed by atoms with Crippen LogP contribution in [0.3, 0.4) is 0 Å². The molecule has 0 aliphatic rings. The number of ether oxygens (including phenoxy) is 3. The van der Waals surface area contributed by atoms with Crippen LogP contribution in [0.4, 0.5) is 10.5 Å². The molecule has 150 valence electrons. The topological polar surface area (TPSA) is 99.6 Å². The van der Waals surface area contributed by atoms with Gasteiger partial charge in [0.1, 0.15) is 12.2 Å². The fourth-order valence-electron chi connectivity index (χ4n) is 2.39. The van der Waals surface area contributed by atoms with Gasteiger partial charge in [0.05, 0.1) is 46.7 Å². The van der Waals surface area contributed by atoms with Gasteiger partial charge in [-0.25, -0.2) is 19.6 Å². The first-order valence-electron chi connectivity index (χ1n) is 8.28. The molecule has 3 rings (SSSR count). The lowest BCUT2D eigenvalue weighted by molar-refractivity contribution is 0.0603. The zero-order valence-electron chi connectivity index (χ0n) is 15.5. The molecule has 3 aromatic rings. The van der Waals surface area contributed by atoms with Gasteiger partial charge in [0.2, 0.25) is 5.88 Å². The van der Waals surface area contributed by atoms with Crippen LogP contribution in [0.25, 0.3) is 10.6 Å². The number of carbonyl (C=O) groups excluding carboxylic acids is 2. The van der Waals surface area contributed by atoms with Gasteiger partial charge in [0.15, 0.2) is 0 Å². The molecule has 0 radical (unpaired) electrons. The van der Waals surface area contributed by atoms with Crippen LogP contribution in [0, 0.1) is 0 Å². The molecular formula is C19H16BrN3O5S. The van der Waals surface area contributed by atoms with E-state index < -0.39 is 12.1 Å². The fourth-order valence-corrected chi connectivity index (χ4v) is 4.11. The van der Waals surface area contributed by atoms with Gasteiger partial charge in [0.25, 0.3) is 0 Å². The molecule has 0 aliphatic heterocycles. The molecule has 0 bridgehead atoms. The van der Waals surface area contributed by atoms with Crippen molar-refractivity contribution in [2.24, 2.45) is 0 Å². The van der Waals surface area contributed by atoms with Crippen LogP contribution in [-0.4, -0.2) is 36.3 Å². The molecule has 2 aromatic heterocycles. The van der Waals surface area contributed by atoms with Crippen LogP contribution in [0.15, 0.2) is 46.5 Å². The van der Waals surface area contributed by atoms with Crippen molar-refractivity contribution in [2.45, 2.75) is 6.61 Å². The molecule has 0 atom stereocenters. The van der Waals surface area contributed by atoms with Crippen LogP contribution >= 0.6 is 27.3 Å². The fraction of sp³-hybridized carbons (Fsp3) is 0.158. The molecule has 0 saturated carbocycles. The Morgan fingerprint density at radius 1 is 1.14 bits per heavy atom. The summed E-state index contributed by atoms with van der Waals surface area (Å²) in [6, 6.07) is 9.26. The average Bonchev–Trinajstić information content (AvgIpc) is 3.08. The van der Waals surface area contributed by atoms with Gasteiger partial charge in [-0.15, -0.1) is 11.3 Å². The van der Waals surface area contributed by atoms with Gasteiger partial charge < -0.3 is 14.2 Å². The first-order valence-corrected chi connectivity index (χ1v) is 9.89. The van der Waals surface area contributed by atoms with Gasteiger partial charge >= 0.3 is 12.1 Å². The molecule has 1 amide bonds. The monoisotopic (exact) mass is 477 g/mol. The van der Waals surface area contributed by atoms with Gasteiger partial charge in [-0.1, -0.05) is 30.3 Å². The highest BCUT2D eigenvalue weighted by atomic mass is 79.9. The number of hydrogen-bond donors (Lipinski definition) is 1. The number of nitrogens with one attached hydrogen (secondary N) is 1. The minimum Gasteiger partial charge on any atom is -0.480 e. The van der Waals surface area contributed by atoms with Crippen LogP contribution in [0.2, 0.25) is 0 Å². The number of nitrogens with zero attached hydrogens (tertiary/aromatic N) is 2. The number of hydrogen-bond acceptors (Lipinski definition) is 8. The predicted octanol–water partition coefficient (Wildman–Crippen LogP) is 4.51. The number of amides is 1. The van der Waals surface area contributed by atoms with E-state index in [9.17, 15) is 9.59 Å². The molecule has 0 unspecified atom stereocenters. The third-order valence-electron chi connectivity index (χ3n) is 3.76. The summed E-state index contributed by atoms with van der Waals surface area (Å²) in [4.78, 5) is 33.6. The summed E-state index contributed by atoms with van der Waals surface area (Å²) in [6.45, 7) is 0.0960. The maximum Gasteiger partial charge on any atom is 0.412 e. The van der Waals surface area contributed by atoms with E-state index in [2.05, 4.69) is 31.2 Å². The Bertz CT molecular complexity index is 1010. The number of rotatable bonds is 6. The summed E-state index contributed by atoms with van der Waals surface area (Å²) in [6.07, 6.45) is 2.21. The summed E-state index contributed by atoms with van der Waals surface area (Å²) < 4.78 is 15.6. The molecular weight excluding hydrogens is 462 g/mol. The van der Waals surface area contributed by atoms with Crippen molar-refractivity contribution in [3.05, 3.63) is 57.6 Å². The lowest BCUT2D eigenvalue weighted by Gasteiger charge is -2.09. The Labute approximate surface area is 179 Å². The SMILES string of the molecule is COC(=O)c1c(-c2cnc(OC)cn2)sc(Br)c1NC(=O)OCc1ccccc1. The molecule has 1 aromatic carbocycles. The number of thiophene rings is 1. The van der Waals surface area contributed by atoms with Gasteiger partial charge in [-0.05, 0) is 21.5 Å². The normalized spacial score (nSPS) is 10.3. The smallest absolute Gasteiger partial charge is 0.412 e. The van der Waals surface area contributed by atoms with Gasteiger partial charge in [0, 0.05) is 0 Å². The van der Waals surface area contributed by atoms with Gasteiger partial charge in [-0.3, -0.25) is 5.32 Å². The second-order valence-electron chi connectivity index (χ2n) is 5.58. The summed E-state index contributed by atoms with van der Waals surface area (Å²) in [5.74, 6) is -0.287. The number of methoxy groups -OCH3 is 2. The van der Waals surface area contributed by atoms with Crippen molar-refractivity contribution in [2.75, 3.05) is 19.5 Å². The molecule has 8 nitrogen and oxygen atoms in total. The Morgan fingerprint density at radius 3 is 2.52 bits per heavy atom. The predicted molar refractivity (Wildman–Crippen MR) is 111 cm³/mol. The Morgan fingerprint density at radius 2 is 1.90 bits per heavy atom. The summed E-state index contributed by atoms with van der Waals surface area (Å²) in [7, 11) is 2.74. The highest BCUT2D eigenvalue weighted by Crippen LogP contribution is 2.43. The molecule has 0 fully saturated rings. The second kappa shape index (κ2) is 9.48. The number of benzene rings is 1. The van der Waals surface area contributed by atoms with E-state index in [4.69, 9.17) is 14.2 Å². The Balaban J connectivity index is 1.86. The number of anilines is 1. The van der Waals surface area contributed by atoms with E-state index in [-0.39, 0.29) is 17.9 Å².